The van der Waals surface area contributed by atoms with Crippen molar-refractivity contribution in [1.82, 2.24) is 9.13 Å². The van der Waals surface area contributed by atoms with E-state index >= 15 is 0 Å². The van der Waals surface area contributed by atoms with Gasteiger partial charge in [0.2, 0.25) is 0 Å². The van der Waals surface area contributed by atoms with Gasteiger partial charge < -0.3 is 36.2 Å². The number of phenolic OH excluding ortho intramolecular Hbond substituents is 2. The van der Waals surface area contributed by atoms with Crippen molar-refractivity contribution in [3.8, 4) is 56.6 Å². The van der Waals surface area contributed by atoms with Crippen LogP contribution in [0.15, 0.2) is 121 Å². The molecule has 0 aliphatic heterocycles. The number of aromatic hydroxyl groups is 2. The van der Waals surface area contributed by atoms with E-state index in [4.69, 9.17) is 9.47 Å². The summed E-state index contributed by atoms with van der Waals surface area (Å²) in [6.45, 7) is 71.4. The Bertz CT molecular complexity index is 4590. The standard InChI is InChI=1S/C105H150N2O4Si2.CH3.Sc/c1-31-33-35-37-39-41-54-112(27,28)78-56-70(3)96(86(66-78)84-58-76(104(23,24)68-98(5,6)7)64-92(94(84)108)106-88-60-72(100(11,12)13)44-48-80(88)81-49-45-73(61-89(81)106)101(14,15)16)110-52-43-53-111-97-71(4)57-79(113(29,30)55-42-40-38-36-34-32-2)67-87(97)85-59-77(105(25,26)69-99(8,9)10)65-93(95(85)109)107-90-62-74(102(17,18)19)46-50-82(90)83-51-47-75(63-91(83)107)103(20,21)22;;/h44-51,56-67,108-109H,31-43,52-55,68-69H2,1-30H3;1H3;/q;-1;. The molecule has 0 saturated carbocycles. The van der Waals surface area contributed by atoms with Crippen LogP contribution in [0.3, 0.4) is 0 Å². The molecule has 2 aromatic heterocycles. The number of hydrogen-bond acceptors (Lipinski definition) is 4. The maximum absolute atomic E-state index is 14.0. The van der Waals surface area contributed by atoms with Crippen LogP contribution in [0, 0.1) is 32.1 Å². The number of hydrogen-bond donors (Lipinski definition) is 2. The average molecular weight is 1620 g/mol. The molecular weight excluding hydrogens is 1470 g/mol. The second-order valence-electron chi connectivity index (χ2n) is 43.8. The Kier molecular flexibility index (Phi) is 29.6. The molecule has 10 aromatic rings. The summed E-state index contributed by atoms with van der Waals surface area (Å²) in [5.74, 6) is 2.12. The van der Waals surface area contributed by atoms with Gasteiger partial charge in [-0.25, -0.2) is 0 Å². The van der Waals surface area contributed by atoms with Crippen molar-refractivity contribution in [2.75, 3.05) is 13.2 Å². The van der Waals surface area contributed by atoms with E-state index in [1.54, 1.807) is 0 Å². The van der Waals surface area contributed by atoms with Crippen LogP contribution in [0.2, 0.25) is 38.3 Å². The molecule has 2 N–H and O–H groups in total. The van der Waals surface area contributed by atoms with Gasteiger partial charge >= 0.3 is 0 Å². The zero-order valence-electron chi connectivity index (χ0n) is 78.2. The number of rotatable bonds is 30. The van der Waals surface area contributed by atoms with Gasteiger partial charge in [-0.3, -0.25) is 0 Å². The smallest absolute Gasteiger partial charge is 0.147 e. The molecule has 115 heavy (non-hydrogen) atoms. The topological polar surface area (TPSA) is 68.8 Å². The van der Waals surface area contributed by atoms with Gasteiger partial charge in [-0.2, -0.15) is 0 Å². The normalized spacial score (nSPS) is 13.2. The van der Waals surface area contributed by atoms with Crippen molar-refractivity contribution in [3.63, 3.8) is 0 Å². The summed E-state index contributed by atoms with van der Waals surface area (Å²) in [6, 6.07) is 49.5. The summed E-state index contributed by atoms with van der Waals surface area (Å²) in [4.78, 5) is 0. The fraction of sp³-hybridized carbons (Fsp3) is 0.538. The van der Waals surface area contributed by atoms with E-state index in [1.165, 1.54) is 154 Å². The Labute approximate surface area is 720 Å². The SMILES string of the molecule is CCCCCCCC[Si](C)(C)c1cc(C)c(OCCCOc2c(C)cc([Si](C)(C)CCCCCCCC)cc2-c2cc(C(C)(C)CC(C)(C)C)cc(-n3c4cc(C(C)(C)C)ccc4c4ccc(C(C)(C)C)cc43)c2O)c(-c2cc(C(C)(C)CC(C)(C)C)cc(-n3c4cc(C(C)(C)C)ccc4c4ccc(C(C)(C)C)cc43)c2O)c1.[CH3-].[Sc]. The molecule has 0 bridgehead atoms. The van der Waals surface area contributed by atoms with Crippen LogP contribution < -0.4 is 19.8 Å². The van der Waals surface area contributed by atoms with E-state index in [-0.39, 0.29) is 88.1 Å². The van der Waals surface area contributed by atoms with Crippen molar-refractivity contribution in [3.05, 3.63) is 173 Å². The summed E-state index contributed by atoms with van der Waals surface area (Å²) in [5, 5.41) is 35.4. The minimum atomic E-state index is -2.07. The molecule has 0 amide bonds. The Balaban J connectivity index is 0.00000827. The second kappa shape index (κ2) is 36.0. The molecule has 1 radical (unpaired) electrons. The number of phenols is 2. The molecule has 0 saturated heterocycles. The van der Waals surface area contributed by atoms with Crippen molar-refractivity contribution in [2.45, 2.75) is 347 Å². The number of benzene rings is 8. The van der Waals surface area contributed by atoms with E-state index in [2.05, 4.69) is 337 Å². The number of nitrogens with zero attached hydrogens (tertiary/aromatic N) is 2. The molecular formula is C106H153N2O4ScSi2-. The largest absolute Gasteiger partial charge is 0.505 e. The van der Waals surface area contributed by atoms with Crippen molar-refractivity contribution >= 4 is 70.1 Å². The number of ether oxygens (including phenoxy) is 2. The first-order chi connectivity index (χ1) is 52.4. The molecule has 0 unspecified atom stereocenters. The zero-order valence-corrected chi connectivity index (χ0v) is 82.0. The van der Waals surface area contributed by atoms with Crippen LogP contribution in [0.4, 0.5) is 0 Å². The van der Waals surface area contributed by atoms with Gasteiger partial charge in [0.05, 0.1) is 62.8 Å². The predicted octanol–water partition coefficient (Wildman–Crippen LogP) is 30.7. The van der Waals surface area contributed by atoms with Gasteiger partial charge in [-0.15, -0.1) is 0 Å². The van der Waals surface area contributed by atoms with Crippen molar-refractivity contribution in [2.24, 2.45) is 10.8 Å². The number of aromatic nitrogens is 2. The minimum absolute atomic E-state index is 0. The number of aryl methyl sites for hydroxylation is 2. The van der Waals surface area contributed by atoms with Gasteiger partial charge in [0.15, 0.2) is 0 Å². The van der Waals surface area contributed by atoms with E-state index in [0.29, 0.717) is 19.6 Å². The van der Waals surface area contributed by atoms with E-state index in [9.17, 15) is 10.2 Å². The van der Waals surface area contributed by atoms with Crippen LogP contribution in [0.1, 0.15) is 307 Å². The summed E-state index contributed by atoms with van der Waals surface area (Å²) in [7, 11) is -4.15. The number of unbranched alkanes of at least 4 members (excludes halogenated alkanes) is 10. The van der Waals surface area contributed by atoms with Crippen LogP contribution >= 0.6 is 0 Å². The van der Waals surface area contributed by atoms with Crippen molar-refractivity contribution < 1.29 is 45.5 Å². The summed E-state index contributed by atoms with van der Waals surface area (Å²) >= 11 is 0. The number of fused-ring (bicyclic) bond motifs is 6. The summed E-state index contributed by atoms with van der Waals surface area (Å²) in [5.41, 5.74) is 17.9. The Morgan fingerprint density at radius 2 is 0.609 bits per heavy atom. The molecule has 0 aliphatic rings. The van der Waals surface area contributed by atoms with E-state index in [1.807, 2.05) is 0 Å². The summed E-state index contributed by atoms with van der Waals surface area (Å²) in [6.07, 6.45) is 17.6. The first kappa shape index (κ1) is 94.3. The van der Waals surface area contributed by atoms with E-state index < -0.39 is 16.1 Å². The van der Waals surface area contributed by atoms with E-state index in [0.717, 1.165) is 91.2 Å². The predicted molar refractivity (Wildman–Crippen MR) is 507 cm³/mol. The molecule has 9 heteroatoms. The van der Waals surface area contributed by atoms with Gasteiger partial charge in [-0.1, -0.05) is 365 Å². The molecule has 0 atom stereocenters. The second-order valence-corrected chi connectivity index (χ2v) is 53.5. The van der Waals surface area contributed by atoms with Gasteiger partial charge in [0.25, 0.3) is 0 Å². The first-order valence-electron chi connectivity index (χ1n) is 43.9. The maximum atomic E-state index is 14.0. The van der Waals surface area contributed by atoms with Crippen LogP contribution in [0.5, 0.6) is 23.0 Å². The van der Waals surface area contributed by atoms with Gasteiger partial charge in [-0.05, 0) is 163 Å². The average Bonchev–Trinajstić information content (AvgIpc) is 1.58. The third-order valence-corrected chi connectivity index (χ3v) is 31.9. The molecule has 0 fully saturated rings. The molecule has 0 aliphatic carbocycles. The van der Waals surface area contributed by atoms with Gasteiger partial charge in [0, 0.05) is 76.1 Å². The fourth-order valence-electron chi connectivity index (χ4n) is 18.6. The monoisotopic (exact) mass is 1620 g/mol. The molecule has 2 heterocycles. The molecule has 623 valence electrons. The first-order valence-corrected chi connectivity index (χ1v) is 50.3. The molecule has 10 rings (SSSR count). The van der Waals surface area contributed by atoms with Crippen LogP contribution in [-0.2, 0) is 58.3 Å². The third kappa shape index (κ3) is 21.7. The quantitative estimate of drug-likeness (QED) is 0.0267. The van der Waals surface area contributed by atoms with Crippen molar-refractivity contribution in [1.29, 1.82) is 0 Å². The van der Waals surface area contributed by atoms with Crippen LogP contribution in [-0.4, -0.2) is 48.7 Å². The molecule has 8 aromatic carbocycles. The molecule has 6 nitrogen and oxygen atoms in total. The molecule has 0 spiro atoms. The Morgan fingerprint density at radius 1 is 0.330 bits per heavy atom. The maximum Gasteiger partial charge on any atom is 0.147 e. The fourth-order valence-corrected chi connectivity index (χ4v) is 23.7. The van der Waals surface area contributed by atoms with Gasteiger partial charge in [0.1, 0.15) is 23.0 Å². The van der Waals surface area contributed by atoms with Crippen LogP contribution in [0.25, 0.3) is 77.2 Å². The Morgan fingerprint density at radius 3 is 0.878 bits per heavy atom. The third-order valence-electron chi connectivity index (χ3n) is 25.0. The minimum Gasteiger partial charge on any atom is -0.505 e. The Hall–Kier alpha value is -6.14. The summed E-state index contributed by atoms with van der Waals surface area (Å²) < 4.78 is 19.7. The zero-order chi connectivity index (χ0) is 83.3.